The van der Waals surface area contributed by atoms with Gasteiger partial charge in [-0.3, -0.25) is 9.69 Å². The molecule has 25 heavy (non-hydrogen) atoms. The molecule has 0 aliphatic carbocycles. The van der Waals surface area contributed by atoms with Crippen LogP contribution in [0.15, 0.2) is 36.4 Å². The minimum atomic E-state index is -0.0408. The Hall–Kier alpha value is -2.53. The number of carbonyl (C=O) groups excluding carboxylic acids is 1. The summed E-state index contributed by atoms with van der Waals surface area (Å²) in [7, 11) is 3.69. The molecule has 2 heterocycles. The lowest BCUT2D eigenvalue weighted by atomic mass is 9.87. The third-order valence-electron chi connectivity index (χ3n) is 5.02. The Balaban J connectivity index is 1.74. The highest BCUT2D eigenvalue weighted by Gasteiger charge is 2.35. The van der Waals surface area contributed by atoms with Crippen molar-refractivity contribution in [3.63, 3.8) is 0 Å². The van der Waals surface area contributed by atoms with Crippen molar-refractivity contribution >= 4 is 5.78 Å². The zero-order valence-electron chi connectivity index (χ0n) is 14.5. The molecule has 0 amide bonds. The number of methoxy groups -OCH3 is 1. The van der Waals surface area contributed by atoms with Crippen molar-refractivity contribution in [2.24, 2.45) is 0 Å². The Morgan fingerprint density at radius 1 is 1.28 bits per heavy atom. The van der Waals surface area contributed by atoms with Gasteiger partial charge < -0.3 is 14.2 Å². The van der Waals surface area contributed by atoms with Gasteiger partial charge in [0.15, 0.2) is 17.3 Å². The number of benzene rings is 2. The van der Waals surface area contributed by atoms with E-state index in [9.17, 15) is 4.79 Å². The van der Waals surface area contributed by atoms with Crippen LogP contribution < -0.4 is 14.2 Å². The number of hydrogen-bond acceptors (Lipinski definition) is 5. The molecular weight excluding hydrogens is 318 g/mol. The lowest BCUT2D eigenvalue weighted by molar-refractivity contribution is 0.0925. The van der Waals surface area contributed by atoms with Gasteiger partial charge in [-0.05, 0) is 25.1 Å². The van der Waals surface area contributed by atoms with Gasteiger partial charge >= 0.3 is 0 Å². The Kier molecular flexibility index (Phi) is 4.09. The van der Waals surface area contributed by atoms with Crippen molar-refractivity contribution in [2.45, 2.75) is 18.9 Å². The second-order valence-electron chi connectivity index (χ2n) is 6.46. The molecule has 0 spiro atoms. The van der Waals surface area contributed by atoms with E-state index in [-0.39, 0.29) is 18.6 Å². The molecule has 1 atom stereocenters. The largest absolute Gasteiger partial charge is 0.492 e. The van der Waals surface area contributed by atoms with Crippen LogP contribution in [0.25, 0.3) is 0 Å². The highest BCUT2D eigenvalue weighted by atomic mass is 16.7. The predicted octanol–water partition coefficient (Wildman–Crippen LogP) is 3.23. The van der Waals surface area contributed by atoms with Crippen LogP contribution in [-0.2, 0) is 6.42 Å². The SMILES string of the molecule is COc1c2c(cc3c1[C@H](CC(=O)c1ccccc1)N(C)CC3)OCO2. The van der Waals surface area contributed by atoms with Crippen LogP contribution >= 0.6 is 0 Å². The van der Waals surface area contributed by atoms with Gasteiger partial charge in [0.05, 0.1) is 7.11 Å². The van der Waals surface area contributed by atoms with Gasteiger partial charge in [-0.15, -0.1) is 0 Å². The third-order valence-corrected chi connectivity index (χ3v) is 5.02. The first kappa shape index (κ1) is 16.0. The summed E-state index contributed by atoms with van der Waals surface area (Å²) in [6.07, 6.45) is 1.30. The Morgan fingerprint density at radius 2 is 2.08 bits per heavy atom. The topological polar surface area (TPSA) is 48.0 Å². The van der Waals surface area contributed by atoms with Gasteiger partial charge in [0.1, 0.15) is 0 Å². The lowest BCUT2D eigenvalue weighted by Gasteiger charge is -2.35. The fraction of sp³-hybridized carbons (Fsp3) is 0.350. The highest BCUT2D eigenvalue weighted by Crippen LogP contribution is 2.50. The maximum absolute atomic E-state index is 12.8. The Morgan fingerprint density at radius 3 is 2.84 bits per heavy atom. The molecule has 0 bridgehead atoms. The van der Waals surface area contributed by atoms with E-state index in [2.05, 4.69) is 11.9 Å². The summed E-state index contributed by atoms with van der Waals surface area (Å²) in [6, 6.07) is 11.4. The molecule has 0 saturated carbocycles. The quantitative estimate of drug-likeness (QED) is 0.801. The number of rotatable bonds is 4. The Bertz CT molecular complexity index is 803. The van der Waals surface area contributed by atoms with E-state index >= 15 is 0 Å². The summed E-state index contributed by atoms with van der Waals surface area (Å²) < 4.78 is 16.8. The molecule has 0 N–H and O–H groups in total. The minimum Gasteiger partial charge on any atom is -0.492 e. The van der Waals surface area contributed by atoms with E-state index < -0.39 is 0 Å². The van der Waals surface area contributed by atoms with Gasteiger partial charge in [0.25, 0.3) is 0 Å². The maximum Gasteiger partial charge on any atom is 0.231 e. The van der Waals surface area contributed by atoms with Gasteiger partial charge in [-0.1, -0.05) is 30.3 Å². The van der Waals surface area contributed by atoms with Gasteiger partial charge in [-0.25, -0.2) is 0 Å². The molecule has 2 aliphatic rings. The van der Waals surface area contributed by atoms with Crippen LogP contribution in [0, 0.1) is 0 Å². The lowest BCUT2D eigenvalue weighted by Crippen LogP contribution is -2.34. The van der Waals surface area contributed by atoms with Crippen LogP contribution in [0.5, 0.6) is 17.2 Å². The van der Waals surface area contributed by atoms with E-state index in [1.165, 1.54) is 5.56 Å². The van der Waals surface area contributed by atoms with Crippen molar-refractivity contribution in [3.05, 3.63) is 53.1 Å². The molecule has 0 aromatic heterocycles. The molecular formula is C20H21NO4. The summed E-state index contributed by atoms with van der Waals surface area (Å²) in [5.41, 5.74) is 2.96. The van der Waals surface area contributed by atoms with Crippen LogP contribution in [0.2, 0.25) is 0 Å². The predicted molar refractivity (Wildman–Crippen MR) is 93.6 cm³/mol. The first-order chi connectivity index (χ1) is 12.2. The molecule has 5 nitrogen and oxygen atoms in total. The third kappa shape index (κ3) is 2.74. The zero-order chi connectivity index (χ0) is 17.4. The van der Waals surface area contributed by atoms with Crippen molar-refractivity contribution in [2.75, 3.05) is 27.5 Å². The summed E-state index contributed by atoms with van der Waals surface area (Å²) in [5.74, 6) is 2.20. The number of ketones is 1. The van der Waals surface area contributed by atoms with Crippen LogP contribution in [0.1, 0.15) is 33.9 Å². The number of fused-ring (bicyclic) bond motifs is 2. The van der Waals surface area contributed by atoms with E-state index in [0.29, 0.717) is 17.9 Å². The van der Waals surface area contributed by atoms with E-state index in [0.717, 1.165) is 29.8 Å². The summed E-state index contributed by atoms with van der Waals surface area (Å²) >= 11 is 0. The molecule has 2 aromatic carbocycles. The summed E-state index contributed by atoms with van der Waals surface area (Å²) in [6.45, 7) is 1.10. The second-order valence-corrected chi connectivity index (χ2v) is 6.46. The molecule has 2 aromatic rings. The minimum absolute atomic E-state index is 0.0408. The number of Topliss-reactive ketones (excluding diaryl/α,β-unsaturated/α-hetero) is 1. The van der Waals surface area contributed by atoms with Crippen molar-refractivity contribution in [3.8, 4) is 17.2 Å². The summed E-state index contributed by atoms with van der Waals surface area (Å²) in [5, 5.41) is 0. The average molecular weight is 339 g/mol. The average Bonchev–Trinajstić information content (AvgIpc) is 3.11. The van der Waals surface area contributed by atoms with E-state index in [1.54, 1.807) is 7.11 Å². The molecule has 0 radical (unpaired) electrons. The number of ether oxygens (including phenoxy) is 3. The van der Waals surface area contributed by atoms with Gasteiger partial charge in [0.2, 0.25) is 12.5 Å². The highest BCUT2D eigenvalue weighted by molar-refractivity contribution is 5.96. The zero-order valence-corrected chi connectivity index (χ0v) is 14.5. The van der Waals surface area contributed by atoms with Crippen LogP contribution in [0.3, 0.4) is 0 Å². The number of hydrogen-bond donors (Lipinski definition) is 0. The van der Waals surface area contributed by atoms with Crippen molar-refractivity contribution < 1.29 is 19.0 Å². The molecule has 130 valence electrons. The number of nitrogens with zero attached hydrogens (tertiary/aromatic N) is 1. The molecule has 0 unspecified atom stereocenters. The fourth-order valence-corrected chi connectivity index (χ4v) is 3.70. The molecule has 5 heteroatoms. The normalized spacial score (nSPS) is 18.7. The molecule has 4 rings (SSSR count). The monoisotopic (exact) mass is 339 g/mol. The second kappa shape index (κ2) is 6.41. The van der Waals surface area contributed by atoms with E-state index in [1.807, 2.05) is 36.4 Å². The van der Waals surface area contributed by atoms with E-state index in [4.69, 9.17) is 14.2 Å². The number of likely N-dealkylation sites (N-methyl/N-ethyl adjacent to an activating group) is 1. The fourth-order valence-electron chi connectivity index (χ4n) is 3.70. The van der Waals surface area contributed by atoms with Crippen LogP contribution in [-0.4, -0.2) is 38.2 Å². The smallest absolute Gasteiger partial charge is 0.231 e. The standard InChI is InChI=1S/C20H21NO4/c1-21-9-8-14-10-17-19(25-12-24-17)20(23-2)18(14)15(21)11-16(22)13-6-4-3-5-7-13/h3-7,10,15H,8-9,11-12H2,1-2H3/t15-/m0/s1. The molecule has 2 aliphatic heterocycles. The molecule has 0 saturated heterocycles. The van der Waals surface area contributed by atoms with Gasteiger partial charge in [0, 0.05) is 30.1 Å². The summed E-state index contributed by atoms with van der Waals surface area (Å²) in [4.78, 5) is 15.0. The van der Waals surface area contributed by atoms with Crippen molar-refractivity contribution in [1.82, 2.24) is 4.90 Å². The maximum atomic E-state index is 12.8. The molecule has 0 fully saturated rings. The van der Waals surface area contributed by atoms with Gasteiger partial charge in [-0.2, -0.15) is 0 Å². The van der Waals surface area contributed by atoms with Crippen molar-refractivity contribution in [1.29, 1.82) is 0 Å². The first-order valence-corrected chi connectivity index (χ1v) is 8.47. The first-order valence-electron chi connectivity index (χ1n) is 8.47. The Labute approximate surface area is 147 Å². The van der Waals surface area contributed by atoms with Crippen LogP contribution in [0.4, 0.5) is 0 Å². The number of carbonyl (C=O) groups is 1.